The van der Waals surface area contributed by atoms with Gasteiger partial charge in [0.1, 0.15) is 0 Å². The Morgan fingerprint density at radius 1 is 1.31 bits per heavy atom. The Bertz CT molecular complexity index is 241. The van der Waals surface area contributed by atoms with Crippen molar-refractivity contribution in [2.24, 2.45) is 0 Å². The number of aliphatic carboxylic acids is 1. The van der Waals surface area contributed by atoms with Gasteiger partial charge in [0.25, 0.3) is 0 Å². The number of rotatable bonds is 7. The summed E-state index contributed by atoms with van der Waals surface area (Å²) in [6.07, 6.45) is 0.437. The van der Waals surface area contributed by atoms with Crippen LogP contribution in [0.15, 0.2) is 0 Å². The van der Waals surface area contributed by atoms with Gasteiger partial charge in [0.05, 0.1) is 6.42 Å². The molecule has 0 spiro atoms. The summed E-state index contributed by atoms with van der Waals surface area (Å²) >= 11 is 0. The maximum absolute atomic E-state index is 11.8. The zero-order valence-electron chi connectivity index (χ0n) is 10.6. The van der Waals surface area contributed by atoms with Crippen LogP contribution in [0.5, 0.6) is 0 Å². The van der Waals surface area contributed by atoms with Crippen LogP contribution in [0.1, 0.15) is 26.7 Å². The van der Waals surface area contributed by atoms with E-state index < -0.39 is 5.97 Å². The maximum atomic E-state index is 11.8. The van der Waals surface area contributed by atoms with Crippen LogP contribution in [0.3, 0.4) is 0 Å². The first-order valence-corrected chi connectivity index (χ1v) is 5.54. The zero-order chi connectivity index (χ0) is 12.7. The monoisotopic (exact) mass is 230 g/mol. The van der Waals surface area contributed by atoms with E-state index in [0.29, 0.717) is 19.5 Å². The summed E-state index contributed by atoms with van der Waals surface area (Å²) in [5.74, 6) is -0.851. The lowest BCUT2D eigenvalue weighted by molar-refractivity contribution is -0.140. The van der Waals surface area contributed by atoms with Gasteiger partial charge in [-0.15, -0.1) is 0 Å². The van der Waals surface area contributed by atoms with Gasteiger partial charge in [0.2, 0.25) is 5.91 Å². The summed E-state index contributed by atoms with van der Waals surface area (Å²) in [4.78, 5) is 25.9. The van der Waals surface area contributed by atoms with Crippen molar-refractivity contribution in [3.05, 3.63) is 0 Å². The van der Waals surface area contributed by atoms with E-state index in [1.54, 1.807) is 11.8 Å². The first-order valence-electron chi connectivity index (χ1n) is 5.54. The van der Waals surface area contributed by atoms with Crippen LogP contribution in [0.2, 0.25) is 0 Å². The number of carboxylic acid groups (broad SMARTS) is 1. The van der Waals surface area contributed by atoms with E-state index >= 15 is 0 Å². The summed E-state index contributed by atoms with van der Waals surface area (Å²) in [5, 5.41) is 8.68. The molecule has 0 rings (SSSR count). The largest absolute Gasteiger partial charge is 0.481 e. The summed E-state index contributed by atoms with van der Waals surface area (Å²) in [6, 6.07) is -0.239. The second kappa shape index (κ2) is 7.22. The summed E-state index contributed by atoms with van der Waals surface area (Å²) < 4.78 is 0. The van der Waals surface area contributed by atoms with Crippen molar-refractivity contribution in [3.63, 3.8) is 0 Å². The molecule has 1 unspecified atom stereocenters. The molecule has 0 bridgehead atoms. The molecule has 1 N–H and O–H groups in total. The fraction of sp³-hybridized carbons (Fsp3) is 0.818. The van der Waals surface area contributed by atoms with Gasteiger partial charge < -0.3 is 14.9 Å². The SMILES string of the molecule is CCN(C(=O)CCN(C)C)C(C)CC(=O)O. The van der Waals surface area contributed by atoms with Crippen LogP contribution in [-0.2, 0) is 9.59 Å². The first kappa shape index (κ1) is 14.9. The predicted molar refractivity (Wildman–Crippen MR) is 62.3 cm³/mol. The smallest absolute Gasteiger partial charge is 0.305 e. The molecule has 0 aliphatic heterocycles. The Balaban J connectivity index is 4.24. The minimum atomic E-state index is -0.869. The number of hydrogen-bond acceptors (Lipinski definition) is 3. The molecule has 0 aliphatic carbocycles. The van der Waals surface area contributed by atoms with E-state index in [4.69, 9.17) is 5.11 Å². The molecule has 0 saturated heterocycles. The Labute approximate surface area is 97.0 Å². The maximum Gasteiger partial charge on any atom is 0.305 e. The minimum Gasteiger partial charge on any atom is -0.481 e. The van der Waals surface area contributed by atoms with Crippen molar-refractivity contribution >= 4 is 11.9 Å². The average molecular weight is 230 g/mol. The average Bonchev–Trinajstić information content (AvgIpc) is 2.14. The van der Waals surface area contributed by atoms with Gasteiger partial charge in [0.15, 0.2) is 0 Å². The van der Waals surface area contributed by atoms with Crippen molar-refractivity contribution < 1.29 is 14.7 Å². The van der Waals surface area contributed by atoms with Gasteiger partial charge in [0, 0.05) is 25.6 Å². The molecule has 0 radical (unpaired) electrons. The zero-order valence-corrected chi connectivity index (χ0v) is 10.6. The van der Waals surface area contributed by atoms with Crippen molar-refractivity contribution in [2.45, 2.75) is 32.7 Å². The molecule has 0 aromatic heterocycles. The van der Waals surface area contributed by atoms with E-state index in [1.807, 2.05) is 25.9 Å². The second-order valence-corrected chi connectivity index (χ2v) is 4.18. The van der Waals surface area contributed by atoms with Crippen molar-refractivity contribution in [1.82, 2.24) is 9.80 Å². The third-order valence-corrected chi connectivity index (χ3v) is 2.44. The van der Waals surface area contributed by atoms with Gasteiger partial charge in [-0.1, -0.05) is 0 Å². The first-order chi connectivity index (χ1) is 7.38. The lowest BCUT2D eigenvalue weighted by Crippen LogP contribution is -2.40. The van der Waals surface area contributed by atoms with Crippen LogP contribution < -0.4 is 0 Å². The van der Waals surface area contributed by atoms with E-state index in [0.717, 1.165) is 0 Å². The standard InChI is InChI=1S/C11H22N2O3/c1-5-13(9(2)8-11(15)16)10(14)6-7-12(3)4/h9H,5-8H2,1-4H3,(H,15,16). The number of nitrogens with zero attached hydrogens (tertiary/aromatic N) is 2. The molecule has 5 nitrogen and oxygen atoms in total. The summed E-state index contributed by atoms with van der Waals surface area (Å²) in [7, 11) is 3.81. The normalized spacial score (nSPS) is 12.6. The Morgan fingerprint density at radius 3 is 2.25 bits per heavy atom. The molecule has 94 valence electrons. The fourth-order valence-electron chi connectivity index (χ4n) is 1.56. The van der Waals surface area contributed by atoms with Crippen LogP contribution in [-0.4, -0.2) is 60.0 Å². The van der Waals surface area contributed by atoms with E-state index in [-0.39, 0.29) is 18.4 Å². The predicted octanol–water partition coefficient (Wildman–Crippen LogP) is 0.650. The quantitative estimate of drug-likeness (QED) is 0.697. The highest BCUT2D eigenvalue weighted by molar-refractivity contribution is 5.77. The third-order valence-electron chi connectivity index (χ3n) is 2.44. The van der Waals surface area contributed by atoms with E-state index in [2.05, 4.69) is 0 Å². The summed E-state index contributed by atoms with van der Waals surface area (Å²) in [6.45, 7) is 4.88. The molecule has 0 heterocycles. The van der Waals surface area contributed by atoms with Crippen molar-refractivity contribution in [3.8, 4) is 0 Å². The number of amides is 1. The molecule has 0 fully saturated rings. The molecule has 0 aliphatic rings. The topological polar surface area (TPSA) is 60.9 Å². The molecule has 5 heteroatoms. The highest BCUT2D eigenvalue weighted by atomic mass is 16.4. The molecular weight excluding hydrogens is 208 g/mol. The van der Waals surface area contributed by atoms with Crippen LogP contribution in [0, 0.1) is 0 Å². The molecule has 1 amide bonds. The number of carbonyl (C=O) groups excluding carboxylic acids is 1. The molecular formula is C11H22N2O3. The van der Waals surface area contributed by atoms with Crippen molar-refractivity contribution in [2.75, 3.05) is 27.2 Å². The van der Waals surface area contributed by atoms with Crippen LogP contribution in [0.25, 0.3) is 0 Å². The van der Waals surface area contributed by atoms with Gasteiger partial charge >= 0.3 is 5.97 Å². The van der Waals surface area contributed by atoms with Crippen LogP contribution >= 0.6 is 0 Å². The van der Waals surface area contributed by atoms with Gasteiger partial charge in [-0.05, 0) is 27.9 Å². The Hall–Kier alpha value is -1.10. The lowest BCUT2D eigenvalue weighted by atomic mass is 10.2. The van der Waals surface area contributed by atoms with E-state index in [1.165, 1.54) is 0 Å². The molecule has 0 aromatic rings. The second-order valence-electron chi connectivity index (χ2n) is 4.18. The van der Waals surface area contributed by atoms with Crippen LogP contribution in [0.4, 0.5) is 0 Å². The lowest BCUT2D eigenvalue weighted by Gasteiger charge is -2.27. The van der Waals surface area contributed by atoms with Crippen molar-refractivity contribution in [1.29, 1.82) is 0 Å². The molecule has 0 saturated carbocycles. The molecule has 0 aromatic carbocycles. The molecule has 16 heavy (non-hydrogen) atoms. The Kier molecular flexibility index (Phi) is 6.72. The highest BCUT2D eigenvalue weighted by Crippen LogP contribution is 2.06. The third kappa shape index (κ3) is 5.70. The van der Waals surface area contributed by atoms with Gasteiger partial charge in [-0.25, -0.2) is 0 Å². The van der Waals surface area contributed by atoms with E-state index in [9.17, 15) is 9.59 Å². The summed E-state index contributed by atoms with van der Waals surface area (Å²) in [5.41, 5.74) is 0. The highest BCUT2D eigenvalue weighted by Gasteiger charge is 2.20. The van der Waals surface area contributed by atoms with Gasteiger partial charge in [-0.3, -0.25) is 9.59 Å². The fourth-order valence-corrected chi connectivity index (χ4v) is 1.56. The number of carbonyl (C=O) groups is 2. The van der Waals surface area contributed by atoms with Gasteiger partial charge in [-0.2, -0.15) is 0 Å². The minimum absolute atomic E-state index is 0.00153. The Morgan fingerprint density at radius 2 is 1.88 bits per heavy atom. The number of hydrogen-bond donors (Lipinski definition) is 1. The molecule has 1 atom stereocenters. The number of carboxylic acids is 1.